The van der Waals surface area contributed by atoms with Gasteiger partial charge >= 0.3 is 0 Å². The highest BCUT2D eigenvalue weighted by atomic mass is 16.6. The van der Waals surface area contributed by atoms with Crippen molar-refractivity contribution in [1.82, 2.24) is 10.3 Å². The lowest BCUT2D eigenvalue weighted by atomic mass is 10.2. The quantitative estimate of drug-likeness (QED) is 0.822. The lowest BCUT2D eigenvalue weighted by Gasteiger charge is -2.23. The summed E-state index contributed by atoms with van der Waals surface area (Å²) in [5.41, 5.74) is 2.40. The molecule has 0 bridgehead atoms. The molecule has 0 saturated carbocycles. The Bertz CT molecular complexity index is 325. The number of hydrogen-bond acceptors (Lipinski definition) is 4. The van der Waals surface area contributed by atoms with Gasteiger partial charge in [0, 0.05) is 25.5 Å². The van der Waals surface area contributed by atoms with Gasteiger partial charge in [-0.1, -0.05) is 6.07 Å². The molecule has 0 radical (unpaired) electrons. The Balaban J connectivity index is 1.71. The van der Waals surface area contributed by atoms with Crippen LogP contribution in [-0.2, 0) is 16.0 Å². The molecule has 4 nitrogen and oxygen atoms in total. The molecule has 4 heteroatoms. The number of aromatic nitrogens is 1. The third-order valence-corrected chi connectivity index (χ3v) is 2.52. The van der Waals surface area contributed by atoms with Gasteiger partial charge in [0.05, 0.1) is 25.9 Å². The summed E-state index contributed by atoms with van der Waals surface area (Å²) in [4.78, 5) is 4.15. The van der Waals surface area contributed by atoms with Crippen LogP contribution in [-0.4, -0.2) is 37.5 Å². The van der Waals surface area contributed by atoms with Crippen LogP contribution in [0.1, 0.15) is 11.1 Å². The molecule has 16 heavy (non-hydrogen) atoms. The van der Waals surface area contributed by atoms with Crippen molar-refractivity contribution in [1.29, 1.82) is 0 Å². The Labute approximate surface area is 96.0 Å². The number of hydrogen-bond donors (Lipinski definition) is 1. The van der Waals surface area contributed by atoms with Gasteiger partial charge in [0.25, 0.3) is 0 Å². The fraction of sp³-hybridized carbons (Fsp3) is 0.583. The van der Waals surface area contributed by atoms with Gasteiger partial charge in [0.2, 0.25) is 0 Å². The van der Waals surface area contributed by atoms with Gasteiger partial charge in [-0.05, 0) is 18.1 Å². The molecular weight excluding hydrogens is 204 g/mol. The number of rotatable bonds is 4. The van der Waals surface area contributed by atoms with Gasteiger partial charge in [-0.2, -0.15) is 0 Å². The fourth-order valence-corrected chi connectivity index (χ4v) is 1.75. The average molecular weight is 222 g/mol. The summed E-state index contributed by atoms with van der Waals surface area (Å²) < 4.78 is 10.9. The summed E-state index contributed by atoms with van der Waals surface area (Å²) in [6.07, 6.45) is 3.94. The second-order valence-electron chi connectivity index (χ2n) is 4.07. The van der Waals surface area contributed by atoms with Crippen LogP contribution in [0.25, 0.3) is 0 Å². The van der Waals surface area contributed by atoms with E-state index in [0.29, 0.717) is 13.2 Å². The van der Waals surface area contributed by atoms with E-state index in [2.05, 4.69) is 23.3 Å². The zero-order valence-electron chi connectivity index (χ0n) is 9.61. The number of ether oxygens (including phenoxy) is 2. The molecule has 2 heterocycles. The van der Waals surface area contributed by atoms with Crippen LogP contribution in [0.15, 0.2) is 18.5 Å². The molecule has 1 N–H and O–H groups in total. The van der Waals surface area contributed by atoms with Crippen molar-refractivity contribution in [3.05, 3.63) is 29.6 Å². The SMILES string of the molecule is Cc1cncc(CNCC2COCCO2)c1. The first-order valence-corrected chi connectivity index (χ1v) is 5.65. The van der Waals surface area contributed by atoms with Crippen LogP contribution >= 0.6 is 0 Å². The Hall–Kier alpha value is -0.970. The summed E-state index contributed by atoms with van der Waals surface area (Å²) >= 11 is 0. The van der Waals surface area contributed by atoms with E-state index in [9.17, 15) is 0 Å². The van der Waals surface area contributed by atoms with Crippen molar-refractivity contribution in [3.8, 4) is 0 Å². The van der Waals surface area contributed by atoms with Gasteiger partial charge in [-0.3, -0.25) is 4.98 Å². The van der Waals surface area contributed by atoms with Crippen molar-refractivity contribution in [2.75, 3.05) is 26.4 Å². The van der Waals surface area contributed by atoms with E-state index >= 15 is 0 Å². The zero-order chi connectivity index (χ0) is 11.2. The van der Waals surface area contributed by atoms with Gasteiger partial charge in [-0.15, -0.1) is 0 Å². The number of nitrogens with zero attached hydrogens (tertiary/aromatic N) is 1. The molecule has 1 aromatic heterocycles. The van der Waals surface area contributed by atoms with E-state index in [1.165, 1.54) is 11.1 Å². The Morgan fingerprint density at radius 3 is 3.12 bits per heavy atom. The summed E-state index contributed by atoms with van der Waals surface area (Å²) in [7, 11) is 0. The highest BCUT2D eigenvalue weighted by molar-refractivity contribution is 5.16. The second-order valence-corrected chi connectivity index (χ2v) is 4.07. The molecule has 1 aromatic rings. The molecule has 1 aliphatic rings. The maximum atomic E-state index is 5.54. The lowest BCUT2D eigenvalue weighted by molar-refractivity contribution is -0.0864. The fourth-order valence-electron chi connectivity index (χ4n) is 1.75. The summed E-state index contributed by atoms with van der Waals surface area (Å²) in [6.45, 7) is 5.83. The first kappa shape index (κ1) is 11.5. The van der Waals surface area contributed by atoms with Crippen LogP contribution in [0, 0.1) is 6.92 Å². The first-order chi connectivity index (χ1) is 7.84. The first-order valence-electron chi connectivity index (χ1n) is 5.65. The Morgan fingerprint density at radius 1 is 1.44 bits per heavy atom. The third kappa shape index (κ3) is 3.56. The molecule has 1 atom stereocenters. The lowest BCUT2D eigenvalue weighted by Crippen LogP contribution is -2.37. The molecule has 1 fully saturated rings. The molecular formula is C12H18N2O2. The predicted molar refractivity (Wildman–Crippen MR) is 61.2 cm³/mol. The van der Waals surface area contributed by atoms with E-state index in [-0.39, 0.29) is 6.10 Å². The van der Waals surface area contributed by atoms with E-state index in [1.54, 1.807) is 0 Å². The topological polar surface area (TPSA) is 43.4 Å². The van der Waals surface area contributed by atoms with Gasteiger partial charge in [0.1, 0.15) is 0 Å². The molecule has 0 aliphatic carbocycles. The molecule has 1 unspecified atom stereocenters. The smallest absolute Gasteiger partial charge is 0.0933 e. The van der Waals surface area contributed by atoms with Crippen LogP contribution in [0.4, 0.5) is 0 Å². The average Bonchev–Trinajstić information content (AvgIpc) is 2.30. The normalized spacial score (nSPS) is 20.9. The number of nitrogens with one attached hydrogen (secondary N) is 1. The van der Waals surface area contributed by atoms with E-state index in [0.717, 1.165) is 19.7 Å². The van der Waals surface area contributed by atoms with Crippen molar-refractivity contribution >= 4 is 0 Å². The standard InChI is InChI=1S/C12H18N2O2/c1-10-4-11(6-13-5-10)7-14-8-12-9-15-2-3-16-12/h4-6,12,14H,2-3,7-9H2,1H3. The molecule has 0 aromatic carbocycles. The minimum absolute atomic E-state index is 0.187. The van der Waals surface area contributed by atoms with Crippen LogP contribution in [0.5, 0.6) is 0 Å². The summed E-state index contributed by atoms with van der Waals surface area (Å²) in [6, 6.07) is 2.14. The van der Waals surface area contributed by atoms with Crippen LogP contribution < -0.4 is 5.32 Å². The largest absolute Gasteiger partial charge is 0.376 e. The van der Waals surface area contributed by atoms with E-state index in [4.69, 9.17) is 9.47 Å². The van der Waals surface area contributed by atoms with Crippen LogP contribution in [0.3, 0.4) is 0 Å². The monoisotopic (exact) mass is 222 g/mol. The molecule has 1 aliphatic heterocycles. The van der Waals surface area contributed by atoms with E-state index in [1.807, 2.05) is 12.4 Å². The Morgan fingerprint density at radius 2 is 2.38 bits per heavy atom. The predicted octanol–water partition coefficient (Wildman–Crippen LogP) is 0.895. The summed E-state index contributed by atoms with van der Waals surface area (Å²) in [5.74, 6) is 0. The van der Waals surface area contributed by atoms with Crippen molar-refractivity contribution in [3.63, 3.8) is 0 Å². The minimum Gasteiger partial charge on any atom is -0.376 e. The summed E-state index contributed by atoms with van der Waals surface area (Å²) in [5, 5.41) is 3.35. The van der Waals surface area contributed by atoms with E-state index < -0.39 is 0 Å². The maximum Gasteiger partial charge on any atom is 0.0933 e. The van der Waals surface area contributed by atoms with Gasteiger partial charge in [0.15, 0.2) is 0 Å². The van der Waals surface area contributed by atoms with Crippen molar-refractivity contribution in [2.24, 2.45) is 0 Å². The zero-order valence-corrected chi connectivity index (χ0v) is 9.61. The third-order valence-electron chi connectivity index (χ3n) is 2.52. The number of pyridine rings is 1. The van der Waals surface area contributed by atoms with Gasteiger partial charge < -0.3 is 14.8 Å². The highest BCUT2D eigenvalue weighted by Gasteiger charge is 2.13. The van der Waals surface area contributed by atoms with Crippen molar-refractivity contribution in [2.45, 2.75) is 19.6 Å². The molecule has 88 valence electrons. The molecule has 0 amide bonds. The van der Waals surface area contributed by atoms with Crippen LogP contribution in [0.2, 0.25) is 0 Å². The second kappa shape index (κ2) is 5.94. The number of aryl methyl sites for hydroxylation is 1. The molecule has 0 spiro atoms. The molecule has 2 rings (SSSR count). The highest BCUT2D eigenvalue weighted by Crippen LogP contribution is 2.02. The maximum absolute atomic E-state index is 5.54. The Kier molecular flexibility index (Phi) is 4.27. The van der Waals surface area contributed by atoms with Gasteiger partial charge in [-0.25, -0.2) is 0 Å². The van der Waals surface area contributed by atoms with Crippen molar-refractivity contribution < 1.29 is 9.47 Å². The molecule has 1 saturated heterocycles. The minimum atomic E-state index is 0.187.